The van der Waals surface area contributed by atoms with Gasteiger partial charge in [0.05, 0.1) is 11.2 Å². The van der Waals surface area contributed by atoms with Crippen LogP contribution in [0.25, 0.3) is 34.2 Å². The SMILES string of the molecule is Cc1ccncc1-c1cc(-c2noc(-c3cscn3)n2)nc(C)c1F. The van der Waals surface area contributed by atoms with Crippen LogP contribution in [-0.4, -0.2) is 25.1 Å². The first-order chi connectivity index (χ1) is 12.1. The minimum absolute atomic E-state index is 0.260. The zero-order valence-electron chi connectivity index (χ0n) is 13.4. The number of aromatic nitrogens is 5. The molecule has 0 saturated heterocycles. The summed E-state index contributed by atoms with van der Waals surface area (Å²) in [6.45, 7) is 3.51. The summed E-state index contributed by atoms with van der Waals surface area (Å²) in [5.74, 6) is 0.205. The van der Waals surface area contributed by atoms with Gasteiger partial charge in [0.25, 0.3) is 5.89 Å². The fourth-order valence-electron chi connectivity index (χ4n) is 2.46. The Morgan fingerprint density at radius 2 is 2.00 bits per heavy atom. The molecule has 4 aromatic heterocycles. The number of hydrogen-bond acceptors (Lipinski definition) is 7. The fourth-order valence-corrected chi connectivity index (χ4v) is 2.99. The molecule has 124 valence electrons. The summed E-state index contributed by atoms with van der Waals surface area (Å²) in [7, 11) is 0. The molecule has 6 nitrogen and oxygen atoms in total. The van der Waals surface area contributed by atoms with Crippen molar-refractivity contribution in [1.29, 1.82) is 0 Å². The summed E-state index contributed by atoms with van der Waals surface area (Å²) in [4.78, 5) is 16.8. The molecule has 4 aromatic rings. The van der Waals surface area contributed by atoms with E-state index in [4.69, 9.17) is 4.52 Å². The monoisotopic (exact) mass is 353 g/mol. The normalized spacial score (nSPS) is 11.0. The smallest absolute Gasteiger partial charge is 0.277 e. The first-order valence-electron chi connectivity index (χ1n) is 7.44. The molecule has 0 saturated carbocycles. The molecular weight excluding hydrogens is 341 g/mol. The van der Waals surface area contributed by atoms with Crippen LogP contribution in [-0.2, 0) is 0 Å². The number of thiazole rings is 1. The Morgan fingerprint density at radius 1 is 1.12 bits per heavy atom. The van der Waals surface area contributed by atoms with Gasteiger partial charge in [0.15, 0.2) is 5.82 Å². The molecule has 0 aliphatic rings. The van der Waals surface area contributed by atoms with E-state index in [1.165, 1.54) is 11.3 Å². The molecule has 0 radical (unpaired) electrons. The van der Waals surface area contributed by atoms with Crippen molar-refractivity contribution in [3.8, 4) is 34.2 Å². The van der Waals surface area contributed by atoms with Crippen LogP contribution in [0.1, 0.15) is 11.3 Å². The van der Waals surface area contributed by atoms with Gasteiger partial charge in [-0.1, -0.05) is 5.16 Å². The summed E-state index contributed by atoms with van der Waals surface area (Å²) in [5, 5.41) is 5.76. The third-order valence-electron chi connectivity index (χ3n) is 3.76. The van der Waals surface area contributed by atoms with Crippen molar-refractivity contribution >= 4 is 11.3 Å². The van der Waals surface area contributed by atoms with Gasteiger partial charge in [0.2, 0.25) is 5.82 Å². The van der Waals surface area contributed by atoms with Crippen molar-refractivity contribution in [3.05, 3.63) is 52.5 Å². The van der Waals surface area contributed by atoms with Crippen molar-refractivity contribution < 1.29 is 8.91 Å². The van der Waals surface area contributed by atoms with E-state index in [0.29, 0.717) is 28.4 Å². The lowest BCUT2D eigenvalue weighted by molar-refractivity contribution is 0.431. The Labute approximate surface area is 146 Å². The molecule has 4 rings (SSSR count). The Bertz CT molecular complexity index is 1050. The van der Waals surface area contributed by atoms with Crippen LogP contribution >= 0.6 is 11.3 Å². The second-order valence-corrected chi connectivity index (χ2v) is 6.16. The van der Waals surface area contributed by atoms with Crippen molar-refractivity contribution in [3.63, 3.8) is 0 Å². The summed E-state index contributed by atoms with van der Waals surface area (Å²) < 4.78 is 19.9. The quantitative estimate of drug-likeness (QED) is 0.552. The average molecular weight is 353 g/mol. The van der Waals surface area contributed by atoms with E-state index < -0.39 is 0 Å². The minimum Gasteiger partial charge on any atom is -0.332 e. The maximum Gasteiger partial charge on any atom is 0.277 e. The molecule has 0 bridgehead atoms. The van der Waals surface area contributed by atoms with Gasteiger partial charge in [-0.2, -0.15) is 4.98 Å². The van der Waals surface area contributed by atoms with Crippen molar-refractivity contribution in [2.75, 3.05) is 0 Å². The second kappa shape index (κ2) is 6.14. The topological polar surface area (TPSA) is 77.6 Å². The Balaban J connectivity index is 1.83. The molecule has 0 aliphatic carbocycles. The number of halogens is 1. The van der Waals surface area contributed by atoms with Gasteiger partial charge in [0, 0.05) is 28.9 Å². The van der Waals surface area contributed by atoms with Gasteiger partial charge in [-0.15, -0.1) is 11.3 Å². The highest BCUT2D eigenvalue weighted by Gasteiger charge is 2.18. The predicted octanol–water partition coefficient (Wildman–Crippen LogP) is 4.07. The average Bonchev–Trinajstić information content (AvgIpc) is 3.28. The van der Waals surface area contributed by atoms with E-state index in [1.807, 2.05) is 18.4 Å². The summed E-state index contributed by atoms with van der Waals surface area (Å²) in [6.07, 6.45) is 3.30. The Morgan fingerprint density at radius 3 is 2.76 bits per heavy atom. The molecule has 0 atom stereocenters. The highest BCUT2D eigenvalue weighted by Crippen LogP contribution is 2.30. The summed E-state index contributed by atoms with van der Waals surface area (Å²) in [6, 6.07) is 3.45. The lowest BCUT2D eigenvalue weighted by Gasteiger charge is -2.09. The van der Waals surface area contributed by atoms with E-state index in [1.54, 1.807) is 30.9 Å². The molecule has 4 heterocycles. The van der Waals surface area contributed by atoms with Gasteiger partial charge in [-0.25, -0.2) is 14.4 Å². The van der Waals surface area contributed by atoms with Crippen molar-refractivity contribution in [2.45, 2.75) is 13.8 Å². The predicted molar refractivity (Wildman–Crippen MR) is 91.3 cm³/mol. The number of rotatable bonds is 3. The molecule has 0 N–H and O–H groups in total. The highest BCUT2D eigenvalue weighted by molar-refractivity contribution is 7.07. The van der Waals surface area contributed by atoms with E-state index >= 15 is 0 Å². The first-order valence-corrected chi connectivity index (χ1v) is 8.38. The third kappa shape index (κ3) is 2.80. The van der Waals surface area contributed by atoms with E-state index in [0.717, 1.165) is 5.56 Å². The van der Waals surface area contributed by atoms with Gasteiger partial charge >= 0.3 is 0 Å². The maximum absolute atomic E-state index is 14.6. The van der Waals surface area contributed by atoms with E-state index in [-0.39, 0.29) is 17.3 Å². The van der Waals surface area contributed by atoms with E-state index in [2.05, 4.69) is 25.1 Å². The largest absolute Gasteiger partial charge is 0.332 e. The zero-order chi connectivity index (χ0) is 17.4. The lowest BCUT2D eigenvalue weighted by atomic mass is 10.0. The summed E-state index contributed by atoms with van der Waals surface area (Å²) >= 11 is 1.43. The third-order valence-corrected chi connectivity index (χ3v) is 4.35. The van der Waals surface area contributed by atoms with Gasteiger partial charge in [-0.05, 0) is 31.5 Å². The first kappa shape index (κ1) is 15.5. The molecule has 0 unspecified atom stereocenters. The lowest BCUT2D eigenvalue weighted by Crippen LogP contribution is -1.98. The van der Waals surface area contributed by atoms with Crippen LogP contribution in [0, 0.1) is 19.7 Å². The van der Waals surface area contributed by atoms with Crippen molar-refractivity contribution in [1.82, 2.24) is 25.1 Å². The molecule has 0 spiro atoms. The number of aryl methyl sites for hydroxylation is 2. The zero-order valence-corrected chi connectivity index (χ0v) is 14.2. The van der Waals surface area contributed by atoms with E-state index in [9.17, 15) is 4.39 Å². The molecule has 0 fully saturated rings. The second-order valence-electron chi connectivity index (χ2n) is 5.44. The van der Waals surface area contributed by atoms with Crippen LogP contribution in [0.5, 0.6) is 0 Å². The molecule has 0 amide bonds. The van der Waals surface area contributed by atoms with Gasteiger partial charge in [-0.3, -0.25) is 4.98 Å². The molecular formula is C17H12FN5OS. The van der Waals surface area contributed by atoms with Gasteiger partial charge < -0.3 is 4.52 Å². The van der Waals surface area contributed by atoms with Crippen LogP contribution in [0.2, 0.25) is 0 Å². The number of hydrogen-bond donors (Lipinski definition) is 0. The molecule has 0 aromatic carbocycles. The van der Waals surface area contributed by atoms with Gasteiger partial charge in [0.1, 0.15) is 11.4 Å². The Kier molecular flexibility index (Phi) is 3.81. The Hall–Kier alpha value is -3.00. The van der Waals surface area contributed by atoms with Crippen LogP contribution in [0.4, 0.5) is 4.39 Å². The highest BCUT2D eigenvalue weighted by atomic mass is 32.1. The van der Waals surface area contributed by atoms with Crippen LogP contribution < -0.4 is 0 Å². The molecule has 8 heteroatoms. The standard InChI is InChI=1S/C17H12FN5OS/c1-9-3-4-19-6-12(9)11-5-13(21-10(2)15(11)18)16-22-17(24-23-16)14-7-25-8-20-14/h3-8H,1-2H3. The van der Waals surface area contributed by atoms with Crippen LogP contribution in [0.3, 0.4) is 0 Å². The summed E-state index contributed by atoms with van der Waals surface area (Å²) in [5.41, 5.74) is 5.01. The van der Waals surface area contributed by atoms with Crippen LogP contribution in [0.15, 0.2) is 39.9 Å². The minimum atomic E-state index is -0.386. The number of pyridine rings is 2. The number of nitrogens with zero attached hydrogens (tertiary/aromatic N) is 5. The molecule has 0 aliphatic heterocycles. The van der Waals surface area contributed by atoms with Crippen molar-refractivity contribution in [2.24, 2.45) is 0 Å². The maximum atomic E-state index is 14.6. The fraction of sp³-hybridized carbons (Fsp3) is 0.118. The molecule has 25 heavy (non-hydrogen) atoms.